The Bertz CT molecular complexity index is 1120. The highest BCUT2D eigenvalue weighted by Gasteiger charge is 2.48. The number of hydrogen-bond acceptors (Lipinski definition) is 8. The van der Waals surface area contributed by atoms with Gasteiger partial charge < -0.3 is 18.5 Å². The topological polar surface area (TPSA) is 92.1 Å². The summed E-state index contributed by atoms with van der Waals surface area (Å²) < 4.78 is 50.6. The van der Waals surface area contributed by atoms with Gasteiger partial charge in [-0.05, 0) is 59.2 Å². The standard InChI is InChI=1S/C28H41FN3O6P/c1-7-8-16-36-39(32(19(2)3)20(4)5)38-26-21(6)37-27(25(26)29)31-15-14-22(30-28(31)34)17-23(33)18-35-24-12-10-9-11-13-24/h9-15,19-21,25-27H,7-8,16-18H2,1-6H3/i6D. The molecule has 1 aromatic carbocycles. The van der Waals surface area contributed by atoms with Gasteiger partial charge in [0, 0.05) is 19.7 Å². The Hall–Kier alpha value is -2.23. The Labute approximate surface area is 233 Å². The number of hydrogen-bond donors (Lipinski definition) is 0. The number of nitrogens with zero attached hydrogens (tertiary/aromatic N) is 3. The third-order valence-electron chi connectivity index (χ3n) is 6.11. The zero-order valence-corrected chi connectivity index (χ0v) is 24.3. The minimum absolute atomic E-state index is 0.0820. The van der Waals surface area contributed by atoms with E-state index in [0.717, 1.165) is 17.4 Å². The predicted octanol–water partition coefficient (Wildman–Crippen LogP) is 5.24. The van der Waals surface area contributed by atoms with Crippen molar-refractivity contribution >= 4 is 14.3 Å². The van der Waals surface area contributed by atoms with E-state index >= 15 is 4.39 Å². The van der Waals surface area contributed by atoms with Gasteiger partial charge in [0.05, 0.1) is 24.8 Å². The molecule has 1 aliphatic rings. The van der Waals surface area contributed by atoms with E-state index < -0.39 is 38.8 Å². The molecule has 1 fully saturated rings. The first-order valence-electron chi connectivity index (χ1n) is 14.1. The molecule has 0 radical (unpaired) electrons. The molecule has 5 unspecified atom stereocenters. The van der Waals surface area contributed by atoms with Crippen LogP contribution in [0.2, 0.25) is 0 Å². The van der Waals surface area contributed by atoms with Crippen molar-refractivity contribution < 1.29 is 29.1 Å². The maximum Gasteiger partial charge on any atom is 0.350 e. The fourth-order valence-corrected chi connectivity index (χ4v) is 6.04. The lowest BCUT2D eigenvalue weighted by Gasteiger charge is -2.37. The molecular formula is C28H41FN3O6P. The molecule has 0 N–H and O–H groups in total. The zero-order chi connectivity index (χ0) is 29.2. The molecule has 2 aromatic rings. The first kappa shape index (κ1) is 29.7. The number of rotatable bonds is 15. The molecule has 11 heteroatoms. The van der Waals surface area contributed by atoms with E-state index in [0.29, 0.717) is 12.4 Å². The summed E-state index contributed by atoms with van der Waals surface area (Å²) >= 11 is 0. The molecule has 0 saturated carbocycles. The summed E-state index contributed by atoms with van der Waals surface area (Å²) in [5.74, 6) is 0.310. The summed E-state index contributed by atoms with van der Waals surface area (Å²) in [4.78, 5) is 29.2. The van der Waals surface area contributed by atoms with Gasteiger partial charge in [0.2, 0.25) is 0 Å². The summed E-state index contributed by atoms with van der Waals surface area (Å²) in [6.07, 6.45) is -2.00. The summed E-state index contributed by atoms with van der Waals surface area (Å²) in [6, 6.07) is 10.6. The lowest BCUT2D eigenvalue weighted by Crippen LogP contribution is -2.38. The Kier molecular flexibility index (Phi) is 11.4. The van der Waals surface area contributed by atoms with Crippen LogP contribution in [0.5, 0.6) is 5.75 Å². The maximum atomic E-state index is 15.9. The SMILES string of the molecule is [2H]CC1OC(n2ccc(CC(=O)COc3ccccc3)nc2=O)C(F)C1OP(OCCCC)N(C(C)C)C(C)C. The molecule has 5 atom stereocenters. The number of alkyl halides is 1. The van der Waals surface area contributed by atoms with Crippen molar-refractivity contribution in [1.82, 2.24) is 14.2 Å². The normalized spacial score (nSPS) is 22.4. The molecule has 2 heterocycles. The van der Waals surface area contributed by atoms with Crippen molar-refractivity contribution in [3.05, 3.63) is 58.8 Å². The highest BCUT2D eigenvalue weighted by Crippen LogP contribution is 2.50. The zero-order valence-electron chi connectivity index (χ0n) is 24.4. The van der Waals surface area contributed by atoms with E-state index in [1.54, 1.807) is 24.3 Å². The van der Waals surface area contributed by atoms with Gasteiger partial charge in [0.15, 0.2) is 18.2 Å². The number of para-hydroxylation sites is 1. The summed E-state index contributed by atoms with van der Waals surface area (Å²) in [7, 11) is -1.64. The van der Waals surface area contributed by atoms with Crippen LogP contribution in [-0.2, 0) is 25.0 Å². The van der Waals surface area contributed by atoms with E-state index in [9.17, 15) is 9.59 Å². The number of Topliss-reactive ketones (excluding diaryl/α,β-unsaturated/α-hetero) is 1. The van der Waals surface area contributed by atoms with Crippen LogP contribution >= 0.6 is 8.53 Å². The van der Waals surface area contributed by atoms with Crippen molar-refractivity contribution in [2.24, 2.45) is 0 Å². The number of halogens is 1. The Balaban J connectivity index is 1.71. The predicted molar refractivity (Wildman–Crippen MR) is 148 cm³/mol. The van der Waals surface area contributed by atoms with Crippen LogP contribution in [0.4, 0.5) is 4.39 Å². The summed E-state index contributed by atoms with van der Waals surface area (Å²) in [5.41, 5.74) is -0.503. The van der Waals surface area contributed by atoms with Crippen LogP contribution in [0.1, 0.15) is 67.7 Å². The second kappa shape index (κ2) is 15.0. The van der Waals surface area contributed by atoms with E-state index in [-0.39, 0.29) is 43.5 Å². The largest absolute Gasteiger partial charge is 0.486 e. The van der Waals surface area contributed by atoms with Crippen molar-refractivity contribution in [2.45, 2.75) is 97.5 Å². The average Bonchev–Trinajstić information content (AvgIpc) is 3.22. The number of carbonyl (C=O) groups is 1. The van der Waals surface area contributed by atoms with Crippen LogP contribution in [0.3, 0.4) is 0 Å². The Morgan fingerprint density at radius 3 is 2.56 bits per heavy atom. The fourth-order valence-electron chi connectivity index (χ4n) is 4.23. The first-order chi connectivity index (χ1) is 19.2. The van der Waals surface area contributed by atoms with Crippen molar-refractivity contribution in [1.29, 1.82) is 0 Å². The molecule has 3 rings (SSSR count). The van der Waals surface area contributed by atoms with Crippen molar-refractivity contribution in [3.63, 3.8) is 0 Å². The van der Waals surface area contributed by atoms with Crippen molar-refractivity contribution in [3.8, 4) is 5.75 Å². The molecule has 0 amide bonds. The molecule has 0 bridgehead atoms. The number of benzene rings is 1. The van der Waals surface area contributed by atoms with Gasteiger partial charge in [-0.1, -0.05) is 31.5 Å². The van der Waals surface area contributed by atoms with E-state index in [2.05, 4.69) is 16.6 Å². The van der Waals surface area contributed by atoms with E-state index in [1.165, 1.54) is 12.3 Å². The number of carbonyl (C=O) groups excluding carboxylic acids is 1. The molecule has 0 spiro atoms. The minimum Gasteiger partial charge on any atom is -0.486 e. The molecule has 9 nitrogen and oxygen atoms in total. The monoisotopic (exact) mass is 566 g/mol. The fraction of sp³-hybridized carbons (Fsp3) is 0.607. The third-order valence-corrected chi connectivity index (χ3v) is 8.24. The summed E-state index contributed by atoms with van der Waals surface area (Å²) in [5, 5.41) is 0. The van der Waals surface area contributed by atoms with Crippen molar-refractivity contribution in [2.75, 3.05) is 13.2 Å². The molecule has 0 aliphatic carbocycles. The van der Waals surface area contributed by atoms with Gasteiger partial charge >= 0.3 is 5.69 Å². The van der Waals surface area contributed by atoms with Crippen LogP contribution in [0.25, 0.3) is 0 Å². The molecule has 1 aromatic heterocycles. The smallest absolute Gasteiger partial charge is 0.350 e. The van der Waals surface area contributed by atoms with Gasteiger partial charge in [-0.2, -0.15) is 4.98 Å². The number of ether oxygens (including phenoxy) is 2. The van der Waals surface area contributed by atoms with Crippen LogP contribution < -0.4 is 10.4 Å². The third kappa shape index (κ3) is 8.63. The molecule has 216 valence electrons. The molecule has 1 aliphatic heterocycles. The second-order valence-corrected chi connectivity index (χ2v) is 11.4. The maximum absolute atomic E-state index is 15.9. The van der Waals surface area contributed by atoms with Gasteiger partial charge in [-0.15, -0.1) is 0 Å². The average molecular weight is 567 g/mol. The van der Waals surface area contributed by atoms with Crippen LogP contribution in [-0.4, -0.2) is 63.7 Å². The number of ketones is 1. The number of unbranched alkanes of at least 4 members (excludes halogenated alkanes) is 1. The summed E-state index contributed by atoms with van der Waals surface area (Å²) in [6.45, 7) is 10.2. The molecule has 1 saturated heterocycles. The van der Waals surface area contributed by atoms with E-state index in [1.807, 2.05) is 33.8 Å². The Morgan fingerprint density at radius 1 is 1.23 bits per heavy atom. The Morgan fingerprint density at radius 2 is 1.95 bits per heavy atom. The highest BCUT2D eigenvalue weighted by molar-refractivity contribution is 7.44. The second-order valence-electron chi connectivity index (χ2n) is 10.00. The molecular weight excluding hydrogens is 524 g/mol. The quantitative estimate of drug-likeness (QED) is 0.214. The number of aromatic nitrogens is 2. The van der Waals surface area contributed by atoms with Gasteiger partial charge in [0.1, 0.15) is 18.5 Å². The van der Waals surface area contributed by atoms with Crippen LogP contribution in [0, 0.1) is 0 Å². The lowest BCUT2D eigenvalue weighted by molar-refractivity contribution is -0.120. The van der Waals surface area contributed by atoms with Gasteiger partial charge in [0.25, 0.3) is 8.53 Å². The first-order valence-corrected chi connectivity index (χ1v) is 14.5. The highest BCUT2D eigenvalue weighted by atomic mass is 31.2. The molecule has 39 heavy (non-hydrogen) atoms. The van der Waals surface area contributed by atoms with E-state index in [4.69, 9.17) is 19.9 Å². The minimum atomic E-state index is -1.73. The van der Waals surface area contributed by atoms with Gasteiger partial charge in [-0.3, -0.25) is 9.36 Å². The lowest BCUT2D eigenvalue weighted by atomic mass is 10.2. The van der Waals surface area contributed by atoms with Crippen LogP contribution in [0.15, 0.2) is 47.4 Å². The van der Waals surface area contributed by atoms with Gasteiger partial charge in [-0.25, -0.2) is 13.9 Å².